The fraction of sp³-hybridized carbons (Fsp3) is 0.125. The number of rotatable bonds is 4. The van der Waals surface area contributed by atoms with E-state index in [-0.39, 0.29) is 44.9 Å². The van der Waals surface area contributed by atoms with Crippen LogP contribution in [0.4, 0.5) is 0 Å². The normalized spacial score (nSPS) is 12.9. The van der Waals surface area contributed by atoms with E-state index in [0.717, 1.165) is 0 Å². The van der Waals surface area contributed by atoms with Gasteiger partial charge in [0.15, 0.2) is 11.6 Å². The highest BCUT2D eigenvalue weighted by Gasteiger charge is 2.37. The van der Waals surface area contributed by atoms with E-state index in [2.05, 4.69) is 0 Å². The summed E-state index contributed by atoms with van der Waals surface area (Å²) in [6.45, 7) is 0. The van der Waals surface area contributed by atoms with E-state index in [9.17, 15) is 19.8 Å². The molecular formula is C16H12O6S2. The van der Waals surface area contributed by atoms with Gasteiger partial charge in [-0.3, -0.25) is 9.59 Å². The zero-order chi connectivity index (χ0) is 17.4. The molecule has 0 aromatic heterocycles. The van der Waals surface area contributed by atoms with E-state index in [1.807, 2.05) is 0 Å². The molecule has 8 heteroatoms. The number of carbonyl (C=O) groups is 2. The van der Waals surface area contributed by atoms with Crippen molar-refractivity contribution in [3.05, 3.63) is 57.6 Å². The zero-order valence-electron chi connectivity index (χ0n) is 12.1. The van der Waals surface area contributed by atoms with Crippen molar-refractivity contribution in [2.24, 2.45) is 0 Å². The number of hydrogen-bond acceptors (Lipinski definition) is 8. The number of benzene rings is 2. The van der Waals surface area contributed by atoms with Gasteiger partial charge in [0.2, 0.25) is 0 Å². The summed E-state index contributed by atoms with van der Waals surface area (Å²) in [7, 11) is 0. The highest BCUT2D eigenvalue weighted by atomic mass is 32.2. The summed E-state index contributed by atoms with van der Waals surface area (Å²) in [6, 6.07) is 6.17. The van der Waals surface area contributed by atoms with Crippen molar-refractivity contribution in [3.8, 4) is 11.5 Å². The van der Waals surface area contributed by atoms with Gasteiger partial charge in [-0.2, -0.15) is 0 Å². The van der Waals surface area contributed by atoms with Crippen molar-refractivity contribution in [2.45, 2.75) is 11.5 Å². The lowest BCUT2D eigenvalue weighted by molar-refractivity contribution is 0.0974. The van der Waals surface area contributed by atoms with Gasteiger partial charge in [0.05, 0.1) is 11.1 Å². The fourth-order valence-corrected chi connectivity index (χ4v) is 3.74. The van der Waals surface area contributed by atoms with E-state index in [4.69, 9.17) is 9.11 Å². The van der Waals surface area contributed by atoms with E-state index >= 15 is 0 Å². The first-order valence-corrected chi connectivity index (χ1v) is 8.72. The Labute approximate surface area is 145 Å². The number of carbonyl (C=O) groups excluding carboxylic acids is 2. The Morgan fingerprint density at radius 2 is 1.12 bits per heavy atom. The van der Waals surface area contributed by atoms with Crippen molar-refractivity contribution in [3.63, 3.8) is 0 Å². The number of aromatic hydroxyl groups is 2. The van der Waals surface area contributed by atoms with Crippen LogP contribution < -0.4 is 0 Å². The Kier molecular flexibility index (Phi) is 4.55. The van der Waals surface area contributed by atoms with Crippen LogP contribution in [-0.2, 0) is 11.5 Å². The minimum absolute atomic E-state index is 0.105. The molecule has 124 valence electrons. The minimum Gasteiger partial charge on any atom is -0.507 e. The molecule has 24 heavy (non-hydrogen) atoms. The highest BCUT2D eigenvalue weighted by Crippen LogP contribution is 2.44. The average molecular weight is 364 g/mol. The second-order valence-electron chi connectivity index (χ2n) is 5.16. The quantitative estimate of drug-likeness (QED) is 0.412. The SMILES string of the molecule is O=C1c2ccccc2C(=O)c2c(O)c(CSO)c(CSO)c(O)c21. The van der Waals surface area contributed by atoms with Gasteiger partial charge in [-0.15, -0.1) is 0 Å². The highest BCUT2D eigenvalue weighted by molar-refractivity contribution is 7.93. The van der Waals surface area contributed by atoms with Crippen LogP contribution in [-0.4, -0.2) is 30.9 Å². The average Bonchev–Trinajstić information content (AvgIpc) is 2.59. The number of phenols is 2. The molecule has 1 aliphatic carbocycles. The Balaban J connectivity index is 2.36. The van der Waals surface area contributed by atoms with Gasteiger partial charge in [-0.05, 0) is 24.1 Å². The summed E-state index contributed by atoms with van der Waals surface area (Å²) >= 11 is 0.795. The van der Waals surface area contributed by atoms with Gasteiger partial charge in [-0.1, -0.05) is 24.3 Å². The van der Waals surface area contributed by atoms with Crippen molar-refractivity contribution in [2.75, 3.05) is 0 Å². The monoisotopic (exact) mass is 364 g/mol. The van der Waals surface area contributed by atoms with Crippen molar-refractivity contribution in [1.82, 2.24) is 0 Å². The van der Waals surface area contributed by atoms with Gasteiger partial charge < -0.3 is 19.3 Å². The van der Waals surface area contributed by atoms with E-state index in [1.165, 1.54) is 12.1 Å². The van der Waals surface area contributed by atoms with Gasteiger partial charge in [0.25, 0.3) is 0 Å². The van der Waals surface area contributed by atoms with Crippen LogP contribution in [0, 0.1) is 0 Å². The lowest BCUT2D eigenvalue weighted by atomic mass is 9.81. The maximum absolute atomic E-state index is 12.7. The Hall–Kier alpha value is -2.00. The second kappa shape index (κ2) is 6.48. The summed E-state index contributed by atoms with van der Waals surface area (Å²) < 4.78 is 18.2. The molecule has 0 heterocycles. The van der Waals surface area contributed by atoms with Crippen LogP contribution in [0.15, 0.2) is 24.3 Å². The summed E-state index contributed by atoms with van der Waals surface area (Å²) in [4.78, 5) is 25.4. The predicted octanol–water partition coefficient (Wildman–Crippen LogP) is 3.29. The Morgan fingerprint density at radius 3 is 1.46 bits per heavy atom. The van der Waals surface area contributed by atoms with Crippen molar-refractivity contribution >= 4 is 35.7 Å². The number of phenolic OH excluding ortho intramolecular Hbond substituents is 2. The Morgan fingerprint density at radius 1 is 0.750 bits per heavy atom. The third kappa shape index (κ3) is 2.39. The molecule has 0 unspecified atom stereocenters. The molecule has 6 nitrogen and oxygen atoms in total. The number of hydrogen-bond donors (Lipinski definition) is 4. The van der Waals surface area contributed by atoms with Gasteiger partial charge in [-0.25, -0.2) is 0 Å². The van der Waals surface area contributed by atoms with E-state index in [1.54, 1.807) is 12.1 Å². The largest absolute Gasteiger partial charge is 0.507 e. The Bertz CT molecular complexity index is 792. The third-order valence-electron chi connectivity index (χ3n) is 3.95. The molecule has 3 rings (SSSR count). The molecule has 0 saturated carbocycles. The van der Waals surface area contributed by atoms with Crippen LogP contribution in [0.1, 0.15) is 43.0 Å². The summed E-state index contributed by atoms with van der Waals surface area (Å²) in [5.74, 6) is -2.26. The molecule has 0 radical (unpaired) electrons. The number of ketones is 2. The fourth-order valence-electron chi connectivity index (χ4n) is 2.86. The first-order valence-electron chi connectivity index (χ1n) is 6.83. The molecule has 0 bridgehead atoms. The summed E-state index contributed by atoms with van der Waals surface area (Å²) in [5.41, 5.74) is -0.0197. The predicted molar refractivity (Wildman–Crippen MR) is 90.9 cm³/mol. The molecule has 0 atom stereocenters. The standard InChI is InChI=1S/C16H12O6S2/c17-13-7-3-1-2-4-8(7)14(18)12-11(13)15(19)9(5-23-21)10(6-24-22)16(12)20/h1-4,19-22H,5-6H2. The van der Waals surface area contributed by atoms with Gasteiger partial charge in [0, 0.05) is 33.8 Å². The molecule has 1 aliphatic rings. The molecule has 0 spiro atoms. The maximum atomic E-state index is 12.7. The minimum atomic E-state index is -0.569. The van der Waals surface area contributed by atoms with Crippen LogP contribution in [0.3, 0.4) is 0 Å². The molecule has 2 aromatic carbocycles. The molecule has 0 fully saturated rings. The van der Waals surface area contributed by atoms with Crippen LogP contribution in [0.5, 0.6) is 11.5 Å². The summed E-state index contributed by atoms with van der Waals surface area (Å²) in [6.07, 6.45) is 0. The van der Waals surface area contributed by atoms with E-state index in [0.29, 0.717) is 24.1 Å². The number of fused-ring (bicyclic) bond motifs is 2. The second-order valence-corrected chi connectivity index (χ2v) is 6.25. The lowest BCUT2D eigenvalue weighted by Crippen LogP contribution is -2.22. The molecule has 0 amide bonds. The van der Waals surface area contributed by atoms with E-state index < -0.39 is 23.1 Å². The molecule has 4 N–H and O–H groups in total. The van der Waals surface area contributed by atoms with Crippen LogP contribution in [0.25, 0.3) is 0 Å². The molecular weight excluding hydrogens is 352 g/mol. The molecule has 2 aromatic rings. The smallest absolute Gasteiger partial charge is 0.198 e. The lowest BCUT2D eigenvalue weighted by Gasteiger charge is -2.23. The molecule has 0 aliphatic heterocycles. The van der Waals surface area contributed by atoms with Gasteiger partial charge in [0.1, 0.15) is 11.5 Å². The van der Waals surface area contributed by atoms with Crippen molar-refractivity contribution < 1.29 is 28.9 Å². The molecule has 0 saturated heterocycles. The topological polar surface area (TPSA) is 115 Å². The van der Waals surface area contributed by atoms with Crippen molar-refractivity contribution in [1.29, 1.82) is 0 Å². The first kappa shape index (κ1) is 16.8. The third-order valence-corrected chi connectivity index (χ3v) is 4.78. The van der Waals surface area contributed by atoms with Crippen LogP contribution >= 0.6 is 24.1 Å². The summed E-state index contributed by atoms with van der Waals surface area (Å²) in [5, 5.41) is 21.0. The van der Waals surface area contributed by atoms with Crippen LogP contribution in [0.2, 0.25) is 0 Å². The maximum Gasteiger partial charge on any atom is 0.198 e. The van der Waals surface area contributed by atoms with Gasteiger partial charge >= 0.3 is 0 Å². The zero-order valence-corrected chi connectivity index (χ0v) is 13.8. The first-order chi connectivity index (χ1) is 11.5.